The van der Waals surface area contributed by atoms with Crippen LogP contribution in [0, 0.1) is 6.92 Å². The number of nitrogens with one attached hydrogen (secondary N) is 1. The summed E-state index contributed by atoms with van der Waals surface area (Å²) in [4.78, 5) is 17.1. The highest BCUT2D eigenvalue weighted by Crippen LogP contribution is 2.28. The molecule has 5 heteroatoms. The largest absolute Gasteiger partial charge is 0.497 e. The summed E-state index contributed by atoms with van der Waals surface area (Å²) in [7, 11) is 1.63. The first kappa shape index (κ1) is 17.4. The van der Waals surface area contributed by atoms with Gasteiger partial charge in [0.2, 0.25) is 0 Å². The van der Waals surface area contributed by atoms with Crippen LogP contribution in [0.1, 0.15) is 34.6 Å². The molecule has 1 atom stereocenters. The van der Waals surface area contributed by atoms with Gasteiger partial charge in [0.15, 0.2) is 0 Å². The summed E-state index contributed by atoms with van der Waals surface area (Å²) >= 11 is 3.56. The van der Waals surface area contributed by atoms with Crippen LogP contribution in [0.15, 0.2) is 53.1 Å². The number of aryl methyl sites for hydroxylation is 1. The molecule has 2 aromatic carbocycles. The van der Waals surface area contributed by atoms with E-state index in [1.807, 2.05) is 56.3 Å². The number of halogens is 1. The number of ether oxygens (including phenoxy) is 1. The van der Waals surface area contributed by atoms with E-state index < -0.39 is 0 Å². The lowest BCUT2D eigenvalue weighted by molar-refractivity contribution is 0.0936. The lowest BCUT2D eigenvalue weighted by atomic mass is 10.0. The SMILES string of the molecule is COc1ccc(C(C)NC(=O)c2ncc(C)c3c(Br)cccc23)cc1. The van der Waals surface area contributed by atoms with Crippen LogP contribution in [0.5, 0.6) is 5.75 Å². The molecule has 0 fully saturated rings. The maximum Gasteiger partial charge on any atom is 0.270 e. The van der Waals surface area contributed by atoms with Gasteiger partial charge in [-0.3, -0.25) is 9.78 Å². The van der Waals surface area contributed by atoms with E-state index in [4.69, 9.17) is 4.74 Å². The minimum atomic E-state index is -0.189. The summed E-state index contributed by atoms with van der Waals surface area (Å²) in [5, 5.41) is 4.88. The van der Waals surface area contributed by atoms with E-state index in [0.29, 0.717) is 5.69 Å². The van der Waals surface area contributed by atoms with Crippen LogP contribution >= 0.6 is 15.9 Å². The number of methoxy groups -OCH3 is 1. The molecular weight excluding hydrogens is 380 g/mol. The van der Waals surface area contributed by atoms with Crippen molar-refractivity contribution in [2.24, 2.45) is 0 Å². The third-order valence-electron chi connectivity index (χ3n) is 4.23. The van der Waals surface area contributed by atoms with Crippen molar-refractivity contribution in [1.29, 1.82) is 0 Å². The Morgan fingerprint density at radius 2 is 1.92 bits per heavy atom. The van der Waals surface area contributed by atoms with E-state index in [9.17, 15) is 4.79 Å². The van der Waals surface area contributed by atoms with Crippen LogP contribution in [0.3, 0.4) is 0 Å². The molecule has 1 N–H and O–H groups in total. The Hall–Kier alpha value is -2.40. The standard InChI is InChI=1S/C20H19BrN2O2/c1-12-11-22-19(16-5-4-6-17(21)18(12)16)20(24)23-13(2)14-7-9-15(25-3)10-8-14/h4-11,13H,1-3H3,(H,23,24). The summed E-state index contributed by atoms with van der Waals surface area (Å²) in [5.41, 5.74) is 2.47. The fraction of sp³-hybridized carbons (Fsp3) is 0.200. The molecule has 0 aliphatic carbocycles. The first-order valence-corrected chi connectivity index (χ1v) is 8.79. The summed E-state index contributed by atoms with van der Waals surface area (Å²) in [6.07, 6.45) is 1.74. The van der Waals surface area contributed by atoms with Crippen molar-refractivity contribution in [2.75, 3.05) is 7.11 Å². The zero-order valence-electron chi connectivity index (χ0n) is 14.3. The van der Waals surface area contributed by atoms with Gasteiger partial charge < -0.3 is 10.1 Å². The van der Waals surface area contributed by atoms with Crippen molar-refractivity contribution in [3.63, 3.8) is 0 Å². The lowest BCUT2D eigenvalue weighted by Gasteiger charge is -2.16. The van der Waals surface area contributed by atoms with Gasteiger partial charge in [-0.25, -0.2) is 0 Å². The first-order valence-electron chi connectivity index (χ1n) is 8.00. The topological polar surface area (TPSA) is 51.2 Å². The Morgan fingerprint density at radius 1 is 1.20 bits per heavy atom. The molecule has 25 heavy (non-hydrogen) atoms. The van der Waals surface area contributed by atoms with E-state index >= 15 is 0 Å². The van der Waals surface area contributed by atoms with Gasteiger partial charge in [0.1, 0.15) is 11.4 Å². The normalized spacial score (nSPS) is 12.0. The molecule has 0 spiro atoms. The predicted octanol–water partition coefficient (Wildman–Crippen LogP) is 4.81. The summed E-state index contributed by atoms with van der Waals surface area (Å²) in [6, 6.07) is 13.3. The van der Waals surface area contributed by atoms with Crippen molar-refractivity contribution in [1.82, 2.24) is 10.3 Å². The number of fused-ring (bicyclic) bond motifs is 1. The second kappa shape index (κ2) is 7.23. The average Bonchev–Trinajstić information content (AvgIpc) is 2.62. The van der Waals surface area contributed by atoms with Gasteiger partial charge >= 0.3 is 0 Å². The Bertz CT molecular complexity index is 915. The van der Waals surface area contributed by atoms with Crippen LogP contribution in [-0.2, 0) is 0 Å². The van der Waals surface area contributed by atoms with Gasteiger partial charge in [-0.2, -0.15) is 0 Å². The van der Waals surface area contributed by atoms with Crippen molar-refractivity contribution < 1.29 is 9.53 Å². The Labute approximate surface area is 155 Å². The molecule has 0 saturated carbocycles. The maximum atomic E-state index is 12.8. The Morgan fingerprint density at radius 3 is 2.60 bits per heavy atom. The van der Waals surface area contributed by atoms with Gasteiger partial charge in [0.25, 0.3) is 5.91 Å². The number of carbonyl (C=O) groups excluding carboxylic acids is 1. The molecule has 3 aromatic rings. The number of amides is 1. The highest BCUT2D eigenvalue weighted by atomic mass is 79.9. The van der Waals surface area contributed by atoms with Crippen LogP contribution in [0.4, 0.5) is 0 Å². The van der Waals surface area contributed by atoms with Crippen molar-refractivity contribution >= 4 is 32.6 Å². The zero-order valence-corrected chi connectivity index (χ0v) is 15.9. The van der Waals surface area contributed by atoms with Crippen molar-refractivity contribution in [3.05, 3.63) is 70.0 Å². The molecule has 4 nitrogen and oxygen atoms in total. The van der Waals surface area contributed by atoms with Crippen LogP contribution < -0.4 is 10.1 Å². The second-order valence-corrected chi connectivity index (χ2v) is 6.77. The maximum absolute atomic E-state index is 12.8. The molecule has 0 saturated heterocycles. The number of rotatable bonds is 4. The number of hydrogen-bond donors (Lipinski definition) is 1. The Balaban J connectivity index is 1.89. The van der Waals surface area contributed by atoms with Gasteiger partial charge in [-0.15, -0.1) is 0 Å². The van der Waals surface area contributed by atoms with Gasteiger partial charge in [-0.05, 0) is 43.2 Å². The lowest BCUT2D eigenvalue weighted by Crippen LogP contribution is -2.27. The highest BCUT2D eigenvalue weighted by Gasteiger charge is 2.17. The molecule has 0 bridgehead atoms. The number of benzene rings is 2. The minimum Gasteiger partial charge on any atom is -0.497 e. The monoisotopic (exact) mass is 398 g/mol. The van der Waals surface area contributed by atoms with Crippen molar-refractivity contribution in [2.45, 2.75) is 19.9 Å². The average molecular weight is 399 g/mol. The second-order valence-electron chi connectivity index (χ2n) is 5.92. The molecule has 1 amide bonds. The molecule has 1 unspecified atom stereocenters. The van der Waals surface area contributed by atoms with E-state index in [0.717, 1.165) is 32.1 Å². The first-order chi connectivity index (χ1) is 12.0. The Kier molecular flexibility index (Phi) is 5.04. The summed E-state index contributed by atoms with van der Waals surface area (Å²) in [6.45, 7) is 3.94. The molecule has 0 aliphatic heterocycles. The zero-order chi connectivity index (χ0) is 18.0. The number of carbonyl (C=O) groups is 1. The quantitative estimate of drug-likeness (QED) is 0.686. The van der Waals surface area contributed by atoms with Crippen LogP contribution in [-0.4, -0.2) is 18.0 Å². The summed E-state index contributed by atoms with van der Waals surface area (Å²) in [5.74, 6) is 0.602. The fourth-order valence-electron chi connectivity index (χ4n) is 2.84. The molecule has 0 radical (unpaired) electrons. The van der Waals surface area contributed by atoms with Crippen LogP contribution in [0.25, 0.3) is 10.8 Å². The number of aromatic nitrogens is 1. The number of hydrogen-bond acceptors (Lipinski definition) is 3. The molecule has 128 valence electrons. The molecule has 1 aromatic heterocycles. The highest BCUT2D eigenvalue weighted by molar-refractivity contribution is 9.10. The molecular formula is C20H19BrN2O2. The van der Waals surface area contributed by atoms with Crippen LogP contribution in [0.2, 0.25) is 0 Å². The van der Waals surface area contributed by atoms with E-state index in [2.05, 4.69) is 26.2 Å². The molecule has 0 aliphatic rings. The van der Waals surface area contributed by atoms with Gasteiger partial charge in [0, 0.05) is 21.4 Å². The van der Waals surface area contributed by atoms with E-state index in [1.165, 1.54) is 0 Å². The molecule has 3 rings (SSSR count). The minimum absolute atomic E-state index is 0.135. The summed E-state index contributed by atoms with van der Waals surface area (Å²) < 4.78 is 6.13. The molecule has 1 heterocycles. The van der Waals surface area contributed by atoms with E-state index in [-0.39, 0.29) is 11.9 Å². The number of nitrogens with zero attached hydrogens (tertiary/aromatic N) is 1. The third-order valence-corrected chi connectivity index (χ3v) is 4.89. The predicted molar refractivity (Wildman–Crippen MR) is 103 cm³/mol. The smallest absolute Gasteiger partial charge is 0.270 e. The fourth-order valence-corrected chi connectivity index (χ4v) is 3.52. The van der Waals surface area contributed by atoms with Gasteiger partial charge in [0.05, 0.1) is 13.2 Å². The van der Waals surface area contributed by atoms with E-state index in [1.54, 1.807) is 13.3 Å². The number of pyridine rings is 1. The van der Waals surface area contributed by atoms with Crippen molar-refractivity contribution in [3.8, 4) is 5.75 Å². The van der Waals surface area contributed by atoms with Gasteiger partial charge in [-0.1, -0.05) is 40.2 Å². The third kappa shape index (κ3) is 3.51.